The molecule has 2 aromatic rings. The van der Waals surface area contributed by atoms with Gasteiger partial charge in [-0.2, -0.15) is 0 Å². The molecule has 0 bridgehead atoms. The molecule has 1 aromatic heterocycles. The number of aliphatic hydroxyl groups is 1. The summed E-state index contributed by atoms with van der Waals surface area (Å²) in [5, 5.41) is 11.0. The normalized spacial score (nSPS) is 25.6. The van der Waals surface area contributed by atoms with Crippen LogP contribution in [-0.2, 0) is 6.42 Å². The second-order valence-electron chi connectivity index (χ2n) is 6.24. The van der Waals surface area contributed by atoms with Crippen molar-refractivity contribution in [3.63, 3.8) is 0 Å². The first-order chi connectivity index (χ1) is 10.3. The lowest BCUT2D eigenvalue weighted by atomic mass is 9.83. The summed E-state index contributed by atoms with van der Waals surface area (Å²) in [7, 11) is 1.71. The molecule has 2 atom stereocenters. The van der Waals surface area contributed by atoms with Gasteiger partial charge in [-0.15, -0.1) is 0 Å². The van der Waals surface area contributed by atoms with Crippen LogP contribution in [0.2, 0.25) is 0 Å². The van der Waals surface area contributed by atoms with E-state index in [9.17, 15) is 5.11 Å². The summed E-state index contributed by atoms with van der Waals surface area (Å²) in [4.78, 5) is 6.16. The van der Waals surface area contributed by atoms with Crippen LogP contribution in [0.4, 0.5) is 0 Å². The molecule has 1 unspecified atom stereocenters. The van der Waals surface area contributed by atoms with Crippen molar-refractivity contribution < 1.29 is 9.84 Å². The zero-order valence-electron chi connectivity index (χ0n) is 12.4. The number of fused-ring (bicyclic) bond motifs is 5. The molecule has 0 saturated carbocycles. The fourth-order valence-electron chi connectivity index (χ4n) is 4.16. The summed E-state index contributed by atoms with van der Waals surface area (Å²) in [6, 6.07) is 6.60. The van der Waals surface area contributed by atoms with E-state index in [1.807, 2.05) is 6.07 Å². The van der Waals surface area contributed by atoms with Gasteiger partial charge in [0.2, 0.25) is 0 Å². The lowest BCUT2D eigenvalue weighted by molar-refractivity contribution is 0.0465. The van der Waals surface area contributed by atoms with Crippen LogP contribution < -0.4 is 4.74 Å². The minimum atomic E-state index is 0.277. The number of aliphatic hydroxyl groups excluding tert-OH is 1. The summed E-state index contributed by atoms with van der Waals surface area (Å²) in [6.45, 7) is 2.52. The van der Waals surface area contributed by atoms with Gasteiger partial charge in [0.1, 0.15) is 5.75 Å². The first-order valence-corrected chi connectivity index (χ1v) is 7.85. The number of nitrogens with zero attached hydrogens (tertiary/aromatic N) is 1. The lowest BCUT2D eigenvalue weighted by Crippen LogP contribution is -2.44. The predicted octanol–water partition coefficient (Wildman–Crippen LogP) is 2.48. The van der Waals surface area contributed by atoms with E-state index in [-0.39, 0.29) is 6.61 Å². The molecular weight excluding hydrogens is 264 g/mol. The zero-order valence-corrected chi connectivity index (χ0v) is 12.4. The van der Waals surface area contributed by atoms with Crippen LogP contribution in [0.15, 0.2) is 18.2 Å². The number of piperidine rings is 1. The number of hydrogen-bond acceptors (Lipinski definition) is 3. The highest BCUT2D eigenvalue weighted by Crippen LogP contribution is 2.42. The van der Waals surface area contributed by atoms with E-state index in [4.69, 9.17) is 4.74 Å². The topological polar surface area (TPSA) is 48.5 Å². The molecule has 4 heteroatoms. The van der Waals surface area contributed by atoms with E-state index in [0.717, 1.165) is 31.7 Å². The molecule has 2 N–H and O–H groups in total. The number of rotatable bonds is 2. The van der Waals surface area contributed by atoms with Crippen molar-refractivity contribution in [1.82, 2.24) is 9.88 Å². The Morgan fingerprint density at radius 2 is 2.29 bits per heavy atom. The fourth-order valence-corrected chi connectivity index (χ4v) is 4.16. The van der Waals surface area contributed by atoms with Crippen LogP contribution in [-0.4, -0.2) is 41.8 Å². The van der Waals surface area contributed by atoms with Gasteiger partial charge < -0.3 is 14.8 Å². The predicted molar refractivity (Wildman–Crippen MR) is 82.7 cm³/mol. The maximum atomic E-state index is 9.75. The van der Waals surface area contributed by atoms with Crippen molar-refractivity contribution in [3.8, 4) is 5.75 Å². The third kappa shape index (κ3) is 1.97. The highest BCUT2D eigenvalue weighted by atomic mass is 16.5. The van der Waals surface area contributed by atoms with Crippen molar-refractivity contribution in [1.29, 1.82) is 0 Å². The summed E-state index contributed by atoms with van der Waals surface area (Å²) >= 11 is 0. The molecule has 4 nitrogen and oxygen atoms in total. The smallest absolute Gasteiger partial charge is 0.119 e. The van der Waals surface area contributed by atoms with Gasteiger partial charge in [0.15, 0.2) is 0 Å². The van der Waals surface area contributed by atoms with Crippen LogP contribution in [0.25, 0.3) is 10.9 Å². The number of H-pyrrole nitrogens is 1. The van der Waals surface area contributed by atoms with Crippen LogP contribution in [0.3, 0.4) is 0 Å². The number of hydrogen-bond donors (Lipinski definition) is 2. The van der Waals surface area contributed by atoms with Crippen molar-refractivity contribution >= 4 is 10.9 Å². The van der Waals surface area contributed by atoms with Crippen molar-refractivity contribution in [2.75, 3.05) is 26.8 Å². The molecule has 1 fully saturated rings. The molecule has 2 aliphatic heterocycles. The zero-order chi connectivity index (χ0) is 14.4. The molecule has 112 valence electrons. The average Bonchev–Trinajstić information content (AvgIpc) is 2.91. The second kappa shape index (κ2) is 5.04. The molecule has 0 aliphatic carbocycles. The van der Waals surface area contributed by atoms with E-state index in [0.29, 0.717) is 12.0 Å². The first-order valence-electron chi connectivity index (χ1n) is 7.85. The van der Waals surface area contributed by atoms with E-state index in [1.54, 1.807) is 7.11 Å². The Bertz CT molecular complexity index is 664. The van der Waals surface area contributed by atoms with Gasteiger partial charge >= 0.3 is 0 Å². The lowest BCUT2D eigenvalue weighted by Gasteiger charge is -2.43. The molecule has 0 amide bonds. The minimum absolute atomic E-state index is 0.277. The Labute approximate surface area is 124 Å². The molecule has 0 spiro atoms. The third-order valence-corrected chi connectivity index (χ3v) is 5.19. The average molecular weight is 286 g/mol. The maximum absolute atomic E-state index is 9.75. The van der Waals surface area contributed by atoms with Gasteiger partial charge in [0.25, 0.3) is 0 Å². The van der Waals surface area contributed by atoms with Crippen molar-refractivity contribution in [3.05, 3.63) is 29.5 Å². The first kappa shape index (κ1) is 13.2. The molecule has 1 aromatic carbocycles. The van der Waals surface area contributed by atoms with Crippen LogP contribution in [0, 0.1) is 5.92 Å². The van der Waals surface area contributed by atoms with Gasteiger partial charge in [-0.1, -0.05) is 0 Å². The van der Waals surface area contributed by atoms with Gasteiger partial charge in [0.05, 0.1) is 13.2 Å². The van der Waals surface area contributed by atoms with E-state index < -0.39 is 0 Å². The van der Waals surface area contributed by atoms with Crippen LogP contribution in [0.1, 0.15) is 30.1 Å². The SMILES string of the molecule is COc1ccc2[nH]c3c(c2c1)CCN1CCC[C@H](CO)C31. The van der Waals surface area contributed by atoms with Gasteiger partial charge in [-0.05, 0) is 49.6 Å². The molecule has 21 heavy (non-hydrogen) atoms. The summed E-state index contributed by atoms with van der Waals surface area (Å²) in [5.74, 6) is 1.27. The van der Waals surface area contributed by atoms with Crippen LogP contribution >= 0.6 is 0 Å². The number of methoxy groups -OCH3 is 1. The van der Waals surface area contributed by atoms with Gasteiger partial charge in [0, 0.05) is 35.7 Å². The highest BCUT2D eigenvalue weighted by molar-refractivity contribution is 5.86. The number of aromatic amines is 1. The molecule has 1 saturated heterocycles. The van der Waals surface area contributed by atoms with Crippen molar-refractivity contribution in [2.45, 2.75) is 25.3 Å². The Balaban J connectivity index is 1.85. The number of ether oxygens (including phenoxy) is 1. The second-order valence-corrected chi connectivity index (χ2v) is 6.24. The molecule has 4 rings (SSSR count). The quantitative estimate of drug-likeness (QED) is 0.891. The number of benzene rings is 1. The van der Waals surface area contributed by atoms with E-state index >= 15 is 0 Å². The molecule has 3 heterocycles. The molecule has 0 radical (unpaired) electrons. The molecular formula is C17H22N2O2. The standard InChI is InChI=1S/C17H22N2O2/c1-21-12-4-5-15-14(9-12)13-6-8-19-7-2-3-11(10-20)17(19)16(13)18-15/h4-5,9,11,17-18,20H,2-3,6-8,10H2,1H3/t11-,17?/m1/s1. The third-order valence-electron chi connectivity index (χ3n) is 5.19. The summed E-state index contributed by atoms with van der Waals surface area (Å²) in [6.07, 6.45) is 3.40. The fraction of sp³-hybridized carbons (Fsp3) is 0.529. The molecule has 2 aliphatic rings. The number of nitrogens with one attached hydrogen (secondary N) is 1. The van der Waals surface area contributed by atoms with E-state index in [2.05, 4.69) is 22.0 Å². The maximum Gasteiger partial charge on any atom is 0.119 e. The van der Waals surface area contributed by atoms with Gasteiger partial charge in [-0.25, -0.2) is 0 Å². The number of aromatic nitrogens is 1. The Morgan fingerprint density at radius 1 is 1.38 bits per heavy atom. The van der Waals surface area contributed by atoms with Gasteiger partial charge in [-0.3, -0.25) is 4.90 Å². The van der Waals surface area contributed by atoms with Crippen molar-refractivity contribution in [2.24, 2.45) is 5.92 Å². The summed E-state index contributed by atoms with van der Waals surface area (Å²) in [5.41, 5.74) is 3.93. The Hall–Kier alpha value is -1.52. The van der Waals surface area contributed by atoms with E-state index in [1.165, 1.54) is 28.6 Å². The Kier molecular flexibility index (Phi) is 3.16. The largest absolute Gasteiger partial charge is 0.497 e. The monoisotopic (exact) mass is 286 g/mol. The van der Waals surface area contributed by atoms with Crippen LogP contribution in [0.5, 0.6) is 5.75 Å². The summed E-state index contributed by atoms with van der Waals surface area (Å²) < 4.78 is 5.37. The minimum Gasteiger partial charge on any atom is -0.497 e. The highest BCUT2D eigenvalue weighted by Gasteiger charge is 2.37. The Morgan fingerprint density at radius 3 is 3.10 bits per heavy atom.